The molecule has 0 aromatic heterocycles. The fraction of sp³-hybridized carbons (Fsp3) is 0.364. The summed E-state index contributed by atoms with van der Waals surface area (Å²) in [5, 5.41) is 3.64. The van der Waals surface area contributed by atoms with Gasteiger partial charge in [0.05, 0.1) is 6.04 Å². The molecule has 0 aliphatic carbocycles. The maximum atomic E-state index is 3.64. The summed E-state index contributed by atoms with van der Waals surface area (Å²) in [7, 11) is 8.25. The summed E-state index contributed by atoms with van der Waals surface area (Å²) >= 11 is 0. The van der Waals surface area contributed by atoms with Gasteiger partial charge in [0.1, 0.15) is 0 Å². The maximum absolute atomic E-state index is 3.64. The molecule has 3 nitrogen and oxygen atoms in total. The fourth-order valence-electron chi connectivity index (χ4n) is 2.69. The molecule has 0 saturated carbocycles. The van der Waals surface area contributed by atoms with Crippen LogP contribution in [0.5, 0.6) is 0 Å². The Labute approximate surface area is 153 Å². The van der Waals surface area contributed by atoms with Crippen molar-refractivity contribution in [2.24, 2.45) is 0 Å². The lowest BCUT2D eigenvalue weighted by atomic mass is 10.0. The zero-order valence-corrected chi connectivity index (χ0v) is 16.3. The summed E-state index contributed by atoms with van der Waals surface area (Å²) in [6, 6.07) is 18.0. The van der Waals surface area contributed by atoms with Crippen molar-refractivity contribution in [3.63, 3.8) is 0 Å². The second kappa shape index (κ2) is 8.72. The maximum Gasteiger partial charge on any atom is 0.0511 e. The fourth-order valence-corrected chi connectivity index (χ4v) is 2.69. The van der Waals surface area contributed by atoms with E-state index in [1.54, 1.807) is 0 Å². The number of hydrogen-bond acceptors (Lipinski definition) is 3. The molecule has 0 heterocycles. The van der Waals surface area contributed by atoms with Gasteiger partial charge in [-0.2, -0.15) is 0 Å². The van der Waals surface area contributed by atoms with Crippen LogP contribution in [0.3, 0.4) is 0 Å². The van der Waals surface area contributed by atoms with E-state index in [1.165, 1.54) is 22.5 Å². The van der Waals surface area contributed by atoms with Crippen LogP contribution in [0, 0.1) is 0 Å². The standard InChI is InChI=1S/C22H31N3/c1-17(2)23-22(19-10-14-21(15-11-19)25(5)6)16-9-18-7-12-20(13-8-18)24(3)4/h7-17,22-23H,1-6H3/b16-9+. The van der Waals surface area contributed by atoms with E-state index in [4.69, 9.17) is 0 Å². The first-order valence-corrected chi connectivity index (χ1v) is 8.85. The Morgan fingerprint density at radius 3 is 1.68 bits per heavy atom. The molecule has 0 radical (unpaired) electrons. The Morgan fingerprint density at radius 1 is 0.760 bits per heavy atom. The molecule has 0 aliphatic rings. The van der Waals surface area contributed by atoms with E-state index >= 15 is 0 Å². The summed E-state index contributed by atoms with van der Waals surface area (Å²) in [6.07, 6.45) is 4.44. The lowest BCUT2D eigenvalue weighted by Gasteiger charge is -2.20. The van der Waals surface area contributed by atoms with Gasteiger partial charge in [0.2, 0.25) is 0 Å². The lowest BCUT2D eigenvalue weighted by molar-refractivity contribution is 0.540. The zero-order chi connectivity index (χ0) is 18.4. The van der Waals surface area contributed by atoms with E-state index in [2.05, 4.69) is 118 Å². The Bertz CT molecular complexity index is 667. The van der Waals surface area contributed by atoms with Crippen LogP contribution in [0.25, 0.3) is 6.08 Å². The SMILES string of the molecule is CC(C)NC(/C=C/c1ccc(N(C)C)cc1)c1ccc(N(C)C)cc1. The van der Waals surface area contributed by atoms with Crippen molar-refractivity contribution >= 4 is 17.5 Å². The molecule has 1 unspecified atom stereocenters. The van der Waals surface area contributed by atoms with Crippen LogP contribution in [0.4, 0.5) is 11.4 Å². The molecular weight excluding hydrogens is 306 g/mol. The van der Waals surface area contributed by atoms with Crippen LogP contribution in [0.1, 0.15) is 31.0 Å². The van der Waals surface area contributed by atoms with Gasteiger partial charge in [0.25, 0.3) is 0 Å². The highest BCUT2D eigenvalue weighted by Crippen LogP contribution is 2.21. The van der Waals surface area contributed by atoms with Crippen molar-refractivity contribution in [1.29, 1.82) is 0 Å². The third-order valence-corrected chi connectivity index (χ3v) is 4.17. The van der Waals surface area contributed by atoms with Gasteiger partial charge < -0.3 is 15.1 Å². The average molecular weight is 338 g/mol. The van der Waals surface area contributed by atoms with E-state index in [-0.39, 0.29) is 6.04 Å². The number of nitrogens with zero attached hydrogens (tertiary/aromatic N) is 2. The van der Waals surface area contributed by atoms with Crippen LogP contribution >= 0.6 is 0 Å². The first-order valence-electron chi connectivity index (χ1n) is 8.85. The Hall–Kier alpha value is -2.26. The van der Waals surface area contributed by atoms with Crippen molar-refractivity contribution < 1.29 is 0 Å². The van der Waals surface area contributed by atoms with Gasteiger partial charge in [-0.1, -0.05) is 36.4 Å². The normalized spacial score (nSPS) is 12.6. The first kappa shape index (κ1) is 19.1. The second-order valence-electron chi connectivity index (χ2n) is 7.13. The van der Waals surface area contributed by atoms with E-state index in [0.29, 0.717) is 6.04 Å². The summed E-state index contributed by atoms with van der Waals surface area (Å²) < 4.78 is 0. The monoisotopic (exact) mass is 337 g/mol. The van der Waals surface area contributed by atoms with E-state index in [9.17, 15) is 0 Å². The number of rotatable bonds is 7. The van der Waals surface area contributed by atoms with Crippen LogP contribution < -0.4 is 15.1 Å². The van der Waals surface area contributed by atoms with Crippen molar-refractivity contribution in [1.82, 2.24) is 5.32 Å². The largest absolute Gasteiger partial charge is 0.378 e. The van der Waals surface area contributed by atoms with Crippen molar-refractivity contribution in [3.8, 4) is 0 Å². The molecule has 2 aromatic carbocycles. The predicted octanol–water partition coefficient (Wildman–Crippen LogP) is 4.57. The van der Waals surface area contributed by atoms with Crippen molar-refractivity contribution in [3.05, 3.63) is 65.7 Å². The molecule has 0 spiro atoms. The van der Waals surface area contributed by atoms with E-state index in [0.717, 1.165) is 0 Å². The average Bonchev–Trinajstić information content (AvgIpc) is 2.58. The predicted molar refractivity (Wildman–Crippen MR) is 112 cm³/mol. The van der Waals surface area contributed by atoms with E-state index < -0.39 is 0 Å². The van der Waals surface area contributed by atoms with Gasteiger partial charge in [0.15, 0.2) is 0 Å². The summed E-state index contributed by atoms with van der Waals surface area (Å²) in [6.45, 7) is 4.36. The first-order chi connectivity index (χ1) is 11.9. The molecule has 0 aliphatic heterocycles. The number of hydrogen-bond donors (Lipinski definition) is 1. The Kier molecular flexibility index (Phi) is 6.65. The van der Waals surface area contributed by atoms with E-state index in [1.807, 2.05) is 0 Å². The topological polar surface area (TPSA) is 18.5 Å². The molecule has 0 bridgehead atoms. The summed E-state index contributed by atoms with van der Waals surface area (Å²) in [5.74, 6) is 0. The Morgan fingerprint density at radius 2 is 1.24 bits per heavy atom. The minimum Gasteiger partial charge on any atom is -0.378 e. The van der Waals surface area contributed by atoms with Crippen LogP contribution in [0.15, 0.2) is 54.6 Å². The zero-order valence-electron chi connectivity index (χ0n) is 16.3. The molecule has 0 amide bonds. The molecule has 1 atom stereocenters. The third-order valence-electron chi connectivity index (χ3n) is 4.17. The number of benzene rings is 2. The van der Waals surface area contributed by atoms with Gasteiger partial charge in [-0.05, 0) is 49.2 Å². The minimum absolute atomic E-state index is 0.199. The van der Waals surface area contributed by atoms with Crippen LogP contribution in [0.2, 0.25) is 0 Å². The molecule has 0 fully saturated rings. The van der Waals surface area contributed by atoms with Gasteiger partial charge in [-0.15, -0.1) is 0 Å². The quantitative estimate of drug-likeness (QED) is 0.798. The molecule has 0 saturated heterocycles. The lowest BCUT2D eigenvalue weighted by Crippen LogP contribution is -2.26. The molecule has 134 valence electrons. The smallest absolute Gasteiger partial charge is 0.0511 e. The second-order valence-corrected chi connectivity index (χ2v) is 7.13. The molecular formula is C22H31N3. The molecule has 2 rings (SSSR count). The third kappa shape index (κ3) is 5.64. The molecule has 25 heavy (non-hydrogen) atoms. The van der Waals surface area contributed by atoms with Gasteiger partial charge in [-0.3, -0.25) is 0 Å². The Balaban J connectivity index is 2.19. The summed E-state index contributed by atoms with van der Waals surface area (Å²) in [4.78, 5) is 4.24. The van der Waals surface area contributed by atoms with Gasteiger partial charge >= 0.3 is 0 Å². The highest BCUT2D eigenvalue weighted by atomic mass is 15.1. The van der Waals surface area contributed by atoms with Crippen molar-refractivity contribution in [2.75, 3.05) is 38.0 Å². The molecule has 3 heteroatoms. The highest BCUT2D eigenvalue weighted by Gasteiger charge is 2.09. The van der Waals surface area contributed by atoms with Crippen molar-refractivity contribution in [2.45, 2.75) is 25.9 Å². The molecule has 2 aromatic rings. The van der Waals surface area contributed by atoms with Gasteiger partial charge in [0, 0.05) is 45.6 Å². The van der Waals surface area contributed by atoms with Gasteiger partial charge in [-0.25, -0.2) is 0 Å². The van der Waals surface area contributed by atoms with Crippen LogP contribution in [-0.2, 0) is 0 Å². The number of nitrogens with one attached hydrogen (secondary N) is 1. The number of anilines is 2. The summed E-state index contributed by atoms with van der Waals surface area (Å²) in [5.41, 5.74) is 4.93. The highest BCUT2D eigenvalue weighted by molar-refractivity contribution is 5.56. The minimum atomic E-state index is 0.199. The molecule has 1 N–H and O–H groups in total. The van der Waals surface area contributed by atoms with Crippen LogP contribution in [-0.4, -0.2) is 34.2 Å².